The van der Waals surface area contributed by atoms with Crippen LogP contribution in [0.2, 0.25) is 0 Å². The number of aryl methyl sites for hydroxylation is 1. The number of H-pyrrole nitrogens is 1. The van der Waals surface area contributed by atoms with Gasteiger partial charge in [-0.15, -0.1) is 0 Å². The van der Waals surface area contributed by atoms with Crippen molar-refractivity contribution in [3.63, 3.8) is 0 Å². The molecule has 0 saturated heterocycles. The van der Waals surface area contributed by atoms with Crippen molar-refractivity contribution >= 4 is 12.2 Å². The zero-order chi connectivity index (χ0) is 9.26. The second kappa shape index (κ2) is 3.06. The second-order valence-corrected chi connectivity index (χ2v) is 2.94. The lowest BCUT2D eigenvalue weighted by Gasteiger charge is -1.93. The first-order valence-corrected chi connectivity index (χ1v) is 4.08. The van der Waals surface area contributed by atoms with E-state index in [4.69, 9.17) is 12.2 Å². The molecular weight excluding hydrogens is 186 g/mol. The van der Waals surface area contributed by atoms with Gasteiger partial charge in [-0.05, 0) is 0 Å². The zero-order valence-corrected chi connectivity index (χ0v) is 7.75. The molecular formula is C7H7N5S. The molecule has 6 heteroatoms. The Morgan fingerprint density at radius 3 is 3.00 bits per heavy atom. The molecule has 1 N–H and O–H groups in total. The van der Waals surface area contributed by atoms with Crippen molar-refractivity contribution in [1.29, 1.82) is 0 Å². The molecule has 0 aliphatic heterocycles. The van der Waals surface area contributed by atoms with E-state index in [9.17, 15) is 0 Å². The number of rotatable bonds is 1. The highest BCUT2D eigenvalue weighted by molar-refractivity contribution is 7.71. The van der Waals surface area contributed by atoms with E-state index in [2.05, 4.69) is 20.2 Å². The number of nitrogens with one attached hydrogen (secondary N) is 1. The van der Waals surface area contributed by atoms with Gasteiger partial charge in [0.1, 0.15) is 10.3 Å². The van der Waals surface area contributed by atoms with Gasteiger partial charge < -0.3 is 4.98 Å². The van der Waals surface area contributed by atoms with Crippen molar-refractivity contribution in [3.05, 3.63) is 23.2 Å². The Kier molecular flexibility index (Phi) is 1.90. The molecule has 2 heterocycles. The molecule has 13 heavy (non-hydrogen) atoms. The van der Waals surface area contributed by atoms with E-state index in [1.165, 1.54) is 4.80 Å². The molecule has 0 aliphatic rings. The van der Waals surface area contributed by atoms with Crippen LogP contribution in [-0.2, 0) is 7.05 Å². The van der Waals surface area contributed by atoms with Crippen LogP contribution in [0, 0.1) is 4.64 Å². The van der Waals surface area contributed by atoms with E-state index < -0.39 is 0 Å². The lowest BCUT2D eigenvalue weighted by molar-refractivity contribution is 0.655. The van der Waals surface area contributed by atoms with Crippen molar-refractivity contribution in [1.82, 2.24) is 25.0 Å². The van der Waals surface area contributed by atoms with Gasteiger partial charge >= 0.3 is 0 Å². The molecule has 0 aliphatic carbocycles. The molecule has 66 valence electrons. The summed E-state index contributed by atoms with van der Waals surface area (Å²) in [6, 6.07) is 1.75. The van der Waals surface area contributed by atoms with Crippen molar-refractivity contribution in [2.24, 2.45) is 7.05 Å². The van der Waals surface area contributed by atoms with Crippen LogP contribution in [0.15, 0.2) is 18.6 Å². The van der Waals surface area contributed by atoms with Gasteiger partial charge in [0, 0.05) is 13.1 Å². The molecule has 0 spiro atoms. The predicted octanol–water partition coefficient (Wildman–Crippen LogP) is 0.935. The second-order valence-electron chi connectivity index (χ2n) is 2.52. The van der Waals surface area contributed by atoms with Gasteiger partial charge in [0.05, 0.1) is 18.2 Å². The molecule has 0 bridgehead atoms. The van der Waals surface area contributed by atoms with E-state index in [1.807, 2.05) is 0 Å². The molecule has 0 unspecified atom stereocenters. The van der Waals surface area contributed by atoms with Crippen LogP contribution in [0.1, 0.15) is 0 Å². The number of hydrogen-bond acceptors (Lipinski definition) is 4. The predicted molar refractivity (Wildman–Crippen MR) is 49.4 cm³/mol. The van der Waals surface area contributed by atoms with E-state index >= 15 is 0 Å². The molecule has 0 saturated carbocycles. The first-order valence-electron chi connectivity index (χ1n) is 3.67. The maximum absolute atomic E-state index is 4.92. The van der Waals surface area contributed by atoms with E-state index in [1.54, 1.807) is 25.6 Å². The topological polar surface area (TPSA) is 59.4 Å². The number of aromatic amines is 1. The van der Waals surface area contributed by atoms with Crippen LogP contribution in [0.4, 0.5) is 0 Å². The van der Waals surface area contributed by atoms with E-state index in [0.29, 0.717) is 4.64 Å². The van der Waals surface area contributed by atoms with Crippen molar-refractivity contribution in [3.8, 4) is 11.4 Å². The highest BCUT2D eigenvalue weighted by Crippen LogP contribution is 2.10. The summed E-state index contributed by atoms with van der Waals surface area (Å²) in [6.07, 6.45) is 3.22. The number of hydrogen-bond donors (Lipinski definition) is 1. The Morgan fingerprint density at radius 1 is 1.54 bits per heavy atom. The fraction of sp³-hybridized carbons (Fsp3) is 0.143. The summed E-state index contributed by atoms with van der Waals surface area (Å²) in [4.78, 5) is 8.31. The van der Waals surface area contributed by atoms with Crippen molar-refractivity contribution < 1.29 is 0 Å². The molecule has 0 fully saturated rings. The smallest absolute Gasteiger partial charge is 0.130 e. The highest BCUT2D eigenvalue weighted by atomic mass is 32.1. The molecule has 0 atom stereocenters. The first kappa shape index (κ1) is 8.06. The lowest BCUT2D eigenvalue weighted by Crippen LogP contribution is -1.92. The molecule has 2 aromatic heterocycles. The van der Waals surface area contributed by atoms with Crippen LogP contribution in [0.5, 0.6) is 0 Å². The average molecular weight is 193 g/mol. The summed E-state index contributed by atoms with van der Waals surface area (Å²) in [6.45, 7) is 0. The van der Waals surface area contributed by atoms with Crippen LogP contribution in [0.3, 0.4) is 0 Å². The third-order valence-electron chi connectivity index (χ3n) is 1.56. The average Bonchev–Trinajstić information content (AvgIpc) is 2.52. The largest absolute Gasteiger partial charge is 0.344 e. The summed E-state index contributed by atoms with van der Waals surface area (Å²) in [5.41, 5.74) is 1.59. The monoisotopic (exact) mass is 193 g/mol. The first-order chi connectivity index (χ1) is 6.25. The fourth-order valence-corrected chi connectivity index (χ4v) is 1.16. The lowest BCUT2D eigenvalue weighted by atomic mass is 10.3. The Morgan fingerprint density at radius 2 is 2.38 bits per heavy atom. The van der Waals surface area contributed by atoms with Gasteiger partial charge in [0.25, 0.3) is 0 Å². The Hall–Kier alpha value is -1.56. The molecule has 5 nitrogen and oxygen atoms in total. The third kappa shape index (κ3) is 1.62. The standard InChI is InChI=1S/C7H7N5S/c1-12-10-3-6(11-12)5-2-7(13)9-4-8-5/h2-4H,1H3,(H,8,9,13). The normalized spacial score (nSPS) is 10.2. The summed E-state index contributed by atoms with van der Waals surface area (Å²) in [5.74, 6) is 0. The van der Waals surface area contributed by atoms with Crippen LogP contribution in [0.25, 0.3) is 11.4 Å². The summed E-state index contributed by atoms with van der Waals surface area (Å²) in [5, 5.41) is 8.08. The molecule has 2 rings (SSSR count). The fourth-order valence-electron chi connectivity index (χ4n) is 0.985. The van der Waals surface area contributed by atoms with Gasteiger partial charge in [0.2, 0.25) is 0 Å². The summed E-state index contributed by atoms with van der Waals surface area (Å²) < 4.78 is 0.541. The zero-order valence-electron chi connectivity index (χ0n) is 6.93. The minimum Gasteiger partial charge on any atom is -0.344 e. The van der Waals surface area contributed by atoms with Gasteiger partial charge in [-0.25, -0.2) is 4.98 Å². The quantitative estimate of drug-likeness (QED) is 0.684. The van der Waals surface area contributed by atoms with Gasteiger partial charge in [-0.1, -0.05) is 12.2 Å². The highest BCUT2D eigenvalue weighted by Gasteiger charge is 2.01. The van der Waals surface area contributed by atoms with Crippen LogP contribution >= 0.6 is 12.2 Å². The van der Waals surface area contributed by atoms with E-state index in [0.717, 1.165) is 11.4 Å². The maximum atomic E-state index is 4.92. The minimum absolute atomic E-state index is 0.541. The van der Waals surface area contributed by atoms with Crippen LogP contribution < -0.4 is 0 Å². The summed E-state index contributed by atoms with van der Waals surface area (Å²) >= 11 is 4.92. The maximum Gasteiger partial charge on any atom is 0.130 e. The van der Waals surface area contributed by atoms with Gasteiger partial charge in [0.15, 0.2) is 0 Å². The number of aromatic nitrogens is 5. The molecule has 2 aromatic rings. The Balaban J connectivity index is 2.52. The van der Waals surface area contributed by atoms with E-state index in [-0.39, 0.29) is 0 Å². The Labute approximate surface area is 79.4 Å². The SMILES string of the molecule is Cn1ncc(-c2cc(=S)nc[nH]2)n1. The van der Waals surface area contributed by atoms with Gasteiger partial charge in [-0.2, -0.15) is 15.0 Å². The molecule has 0 aromatic carbocycles. The van der Waals surface area contributed by atoms with Crippen molar-refractivity contribution in [2.45, 2.75) is 0 Å². The molecule has 0 radical (unpaired) electrons. The Bertz CT molecular complexity index is 471. The number of nitrogens with zero attached hydrogens (tertiary/aromatic N) is 4. The van der Waals surface area contributed by atoms with Gasteiger partial charge in [-0.3, -0.25) is 0 Å². The summed E-state index contributed by atoms with van der Waals surface area (Å²) in [7, 11) is 1.76. The minimum atomic E-state index is 0.541. The van der Waals surface area contributed by atoms with Crippen molar-refractivity contribution in [2.75, 3.05) is 0 Å². The molecule has 0 amide bonds. The third-order valence-corrected chi connectivity index (χ3v) is 1.78. The van der Waals surface area contributed by atoms with Crippen LogP contribution in [-0.4, -0.2) is 25.0 Å².